The van der Waals surface area contributed by atoms with E-state index in [1.807, 2.05) is 17.5 Å². The molecule has 2 heterocycles. The van der Waals surface area contributed by atoms with E-state index in [4.69, 9.17) is 4.74 Å². The van der Waals surface area contributed by atoms with Gasteiger partial charge in [-0.1, -0.05) is 23.4 Å². The smallest absolute Gasteiger partial charge is 0.276 e. The lowest BCUT2D eigenvalue weighted by Gasteiger charge is -2.30. The molecule has 1 N–H and O–H groups in total. The van der Waals surface area contributed by atoms with Crippen LogP contribution in [0.25, 0.3) is 0 Å². The number of rotatable bonds is 8. The number of nitrogens with one attached hydrogen (secondary N) is 1. The van der Waals surface area contributed by atoms with E-state index in [9.17, 15) is 9.59 Å². The van der Waals surface area contributed by atoms with Crippen LogP contribution in [-0.2, 0) is 9.53 Å². The first kappa shape index (κ1) is 18.9. The highest BCUT2D eigenvalue weighted by Crippen LogP contribution is 2.28. The minimum atomic E-state index is -0.694. The first-order valence-electron chi connectivity index (χ1n) is 8.61. The molecule has 1 aliphatic carbocycles. The molecule has 0 saturated heterocycles. The van der Waals surface area contributed by atoms with Crippen LogP contribution in [0.3, 0.4) is 0 Å². The molecule has 0 aromatic carbocycles. The largest absolute Gasteiger partial charge is 0.383 e. The van der Waals surface area contributed by atoms with Gasteiger partial charge in [0.25, 0.3) is 5.91 Å². The zero-order chi connectivity index (χ0) is 18.4. The molecule has 1 atom stereocenters. The quantitative estimate of drug-likeness (QED) is 0.744. The monoisotopic (exact) mass is 394 g/mol. The average molecular weight is 395 g/mol. The summed E-state index contributed by atoms with van der Waals surface area (Å²) < 4.78 is 8.94. The third kappa shape index (κ3) is 4.46. The highest BCUT2D eigenvalue weighted by Gasteiger charge is 2.34. The van der Waals surface area contributed by atoms with Gasteiger partial charge in [-0.05, 0) is 35.8 Å². The lowest BCUT2D eigenvalue weighted by Crippen LogP contribution is -2.47. The lowest BCUT2D eigenvalue weighted by molar-refractivity contribution is -0.126. The van der Waals surface area contributed by atoms with Crippen molar-refractivity contribution < 1.29 is 14.3 Å². The number of carbonyl (C=O) groups excluding carboxylic acids is 2. The second-order valence-corrected chi connectivity index (χ2v) is 7.78. The summed E-state index contributed by atoms with van der Waals surface area (Å²) >= 11 is 2.58. The van der Waals surface area contributed by atoms with E-state index in [0.717, 1.165) is 42.1 Å². The van der Waals surface area contributed by atoms with Crippen molar-refractivity contribution in [3.63, 3.8) is 0 Å². The maximum atomic E-state index is 13.1. The van der Waals surface area contributed by atoms with Crippen LogP contribution in [0.4, 0.5) is 0 Å². The van der Waals surface area contributed by atoms with Crippen molar-refractivity contribution in [2.75, 3.05) is 20.3 Å². The Hall–Kier alpha value is -1.84. The minimum absolute atomic E-state index is 0.146. The summed E-state index contributed by atoms with van der Waals surface area (Å²) in [4.78, 5) is 28.5. The molecule has 0 aliphatic heterocycles. The first-order valence-corrected chi connectivity index (χ1v) is 10.3. The van der Waals surface area contributed by atoms with Crippen LogP contribution in [-0.4, -0.2) is 52.6 Å². The molecule has 2 aromatic rings. The van der Waals surface area contributed by atoms with Crippen molar-refractivity contribution in [3.8, 4) is 0 Å². The Balaban J connectivity index is 1.87. The van der Waals surface area contributed by atoms with E-state index in [1.165, 1.54) is 16.2 Å². The van der Waals surface area contributed by atoms with Gasteiger partial charge >= 0.3 is 0 Å². The Morgan fingerprint density at radius 1 is 1.42 bits per heavy atom. The second-order valence-electron chi connectivity index (χ2n) is 6.19. The van der Waals surface area contributed by atoms with Crippen LogP contribution in [0.15, 0.2) is 22.9 Å². The molecule has 0 bridgehead atoms. The highest BCUT2D eigenvalue weighted by atomic mass is 32.1. The van der Waals surface area contributed by atoms with E-state index in [0.29, 0.717) is 13.2 Å². The Morgan fingerprint density at radius 2 is 2.23 bits per heavy atom. The summed E-state index contributed by atoms with van der Waals surface area (Å²) in [6.45, 7) is 0.634. The van der Waals surface area contributed by atoms with Crippen LogP contribution >= 0.6 is 22.9 Å². The Labute approximate surface area is 160 Å². The summed E-state index contributed by atoms with van der Waals surface area (Å²) in [5.74, 6) is -0.456. The molecule has 140 valence electrons. The number of amides is 2. The van der Waals surface area contributed by atoms with Crippen molar-refractivity contribution in [2.45, 2.75) is 37.8 Å². The number of nitrogens with zero attached hydrogens (tertiary/aromatic N) is 3. The Bertz CT molecular complexity index is 700. The molecule has 9 heteroatoms. The van der Waals surface area contributed by atoms with Crippen molar-refractivity contribution in [2.24, 2.45) is 0 Å². The number of aromatic nitrogens is 2. The molecule has 0 unspecified atom stereocenters. The predicted octanol–water partition coefficient (Wildman–Crippen LogP) is 2.49. The van der Waals surface area contributed by atoms with E-state index >= 15 is 0 Å². The van der Waals surface area contributed by atoms with Crippen molar-refractivity contribution in [1.82, 2.24) is 19.8 Å². The van der Waals surface area contributed by atoms with Crippen LogP contribution in [0, 0.1) is 0 Å². The maximum absolute atomic E-state index is 13.1. The molecule has 3 rings (SSSR count). The zero-order valence-corrected chi connectivity index (χ0v) is 16.2. The average Bonchev–Trinajstić information content (AvgIpc) is 3.41. The molecule has 26 heavy (non-hydrogen) atoms. The molecule has 1 saturated carbocycles. The summed E-state index contributed by atoms with van der Waals surface area (Å²) in [6, 6.07) is 3.26. The van der Waals surface area contributed by atoms with Crippen molar-refractivity contribution in [1.29, 1.82) is 0 Å². The van der Waals surface area contributed by atoms with E-state index in [1.54, 1.807) is 12.5 Å². The van der Waals surface area contributed by atoms with Gasteiger partial charge in [-0.2, -0.15) is 0 Å². The van der Waals surface area contributed by atoms with E-state index < -0.39 is 6.04 Å². The first-order chi connectivity index (χ1) is 12.7. The molecule has 0 radical (unpaired) electrons. The van der Waals surface area contributed by atoms with E-state index in [2.05, 4.69) is 14.9 Å². The van der Waals surface area contributed by atoms with Crippen molar-refractivity contribution >= 4 is 34.7 Å². The van der Waals surface area contributed by atoms with Gasteiger partial charge in [0, 0.05) is 30.0 Å². The summed E-state index contributed by atoms with van der Waals surface area (Å²) in [5, 5.41) is 10.5. The topological polar surface area (TPSA) is 84.4 Å². The molecule has 2 amide bonds. The van der Waals surface area contributed by atoms with Gasteiger partial charge in [-0.25, -0.2) is 0 Å². The fraction of sp³-hybridized carbons (Fsp3) is 0.529. The Morgan fingerprint density at radius 3 is 2.85 bits per heavy atom. The number of carbonyl (C=O) groups is 2. The zero-order valence-electron chi connectivity index (χ0n) is 14.6. The maximum Gasteiger partial charge on any atom is 0.276 e. The van der Waals surface area contributed by atoms with Gasteiger partial charge in [-0.3, -0.25) is 9.59 Å². The third-order valence-corrected chi connectivity index (χ3v) is 5.88. The molecule has 7 nitrogen and oxygen atoms in total. The standard InChI is InChI=1S/C17H22N4O3S2/c1-24-9-8-21(17(23)13-11-26-20-19-13)15(14-7-4-10-25-14)16(22)18-12-5-2-3-6-12/h4,7,10-12,15H,2-3,5-6,8-9H2,1H3,(H,18,22)/t15-/m1/s1. The molecule has 1 fully saturated rings. The number of thiophene rings is 1. The SMILES string of the molecule is COCCN(C(=O)c1csnn1)[C@@H](C(=O)NC1CCCC1)c1cccs1. The summed E-state index contributed by atoms with van der Waals surface area (Å²) in [6.07, 6.45) is 4.24. The van der Waals surface area contributed by atoms with Gasteiger partial charge < -0.3 is 15.0 Å². The molecule has 0 spiro atoms. The molecule has 2 aromatic heterocycles. The summed E-state index contributed by atoms with van der Waals surface area (Å²) in [5.41, 5.74) is 0.251. The Kier molecular flexibility index (Phi) is 6.70. The number of hydrogen-bond donors (Lipinski definition) is 1. The van der Waals surface area contributed by atoms with Crippen LogP contribution in [0.5, 0.6) is 0 Å². The van der Waals surface area contributed by atoms with Crippen molar-refractivity contribution in [3.05, 3.63) is 33.5 Å². The second kappa shape index (κ2) is 9.20. The van der Waals surface area contributed by atoms with Gasteiger partial charge in [0.05, 0.1) is 6.61 Å². The molecular weight excluding hydrogens is 372 g/mol. The van der Waals surface area contributed by atoms with Gasteiger partial charge in [-0.15, -0.1) is 16.4 Å². The third-order valence-electron chi connectivity index (χ3n) is 4.45. The number of ether oxygens (including phenoxy) is 1. The van der Waals surface area contributed by atoms with Crippen LogP contribution in [0.2, 0.25) is 0 Å². The fourth-order valence-electron chi connectivity index (χ4n) is 3.16. The van der Waals surface area contributed by atoms with Crippen LogP contribution < -0.4 is 5.32 Å². The highest BCUT2D eigenvalue weighted by molar-refractivity contribution is 7.10. The minimum Gasteiger partial charge on any atom is -0.383 e. The van der Waals surface area contributed by atoms with Gasteiger partial charge in [0.1, 0.15) is 6.04 Å². The van der Waals surface area contributed by atoms with Gasteiger partial charge in [0.15, 0.2) is 5.69 Å². The lowest BCUT2D eigenvalue weighted by atomic mass is 10.1. The van der Waals surface area contributed by atoms with Gasteiger partial charge in [0.2, 0.25) is 5.91 Å². The van der Waals surface area contributed by atoms with Crippen LogP contribution in [0.1, 0.15) is 47.1 Å². The van der Waals surface area contributed by atoms with E-state index in [-0.39, 0.29) is 23.6 Å². The normalized spacial score (nSPS) is 15.7. The molecular formula is C17H22N4O3S2. The predicted molar refractivity (Wildman–Crippen MR) is 100 cm³/mol. The number of methoxy groups -OCH3 is 1. The molecule has 1 aliphatic rings. The number of hydrogen-bond acceptors (Lipinski definition) is 7. The fourth-order valence-corrected chi connectivity index (χ4v) is 4.43. The summed E-state index contributed by atoms with van der Waals surface area (Å²) in [7, 11) is 1.58.